The quantitative estimate of drug-likeness (QED) is 0.668. The molecule has 0 spiro atoms. The summed E-state index contributed by atoms with van der Waals surface area (Å²) in [7, 11) is 0. The van der Waals surface area contributed by atoms with Crippen molar-refractivity contribution in [1.82, 2.24) is 0 Å². The van der Waals surface area contributed by atoms with Crippen molar-refractivity contribution in [2.75, 3.05) is 0 Å². The fourth-order valence-electron chi connectivity index (χ4n) is 1.68. The zero-order chi connectivity index (χ0) is 10.3. The molecule has 0 fully saturated rings. The van der Waals surface area contributed by atoms with Gasteiger partial charge in [0.15, 0.2) is 0 Å². The number of hydrogen-bond donors (Lipinski definition) is 0. The van der Waals surface area contributed by atoms with E-state index in [1.807, 2.05) is 13.8 Å². The third-order valence-corrected chi connectivity index (χ3v) is 2.53. The first-order valence-electron chi connectivity index (χ1n) is 4.37. The van der Waals surface area contributed by atoms with Crippen LogP contribution in [0.1, 0.15) is 19.4 Å². The average molecular weight is 212 g/mol. The largest absolute Gasteiger partial charge is 0.487 e. The van der Waals surface area contributed by atoms with Crippen LogP contribution in [0.4, 0.5) is 5.69 Å². The van der Waals surface area contributed by atoms with Gasteiger partial charge in [0.1, 0.15) is 17.0 Å². The SMILES string of the molecule is CC1(C)Cc2cc(N=O)c(Cl)cc2O1. The number of nitroso groups, excluding NO2 is 1. The predicted molar refractivity (Wildman–Crippen MR) is 55.3 cm³/mol. The van der Waals surface area contributed by atoms with Crippen molar-refractivity contribution in [1.29, 1.82) is 0 Å². The number of halogens is 1. The molecule has 74 valence electrons. The normalized spacial score (nSPS) is 17.4. The monoisotopic (exact) mass is 211 g/mol. The maximum Gasteiger partial charge on any atom is 0.127 e. The van der Waals surface area contributed by atoms with Crippen molar-refractivity contribution in [3.8, 4) is 5.75 Å². The second-order valence-corrected chi connectivity index (χ2v) is 4.45. The zero-order valence-corrected chi connectivity index (χ0v) is 8.76. The fourth-order valence-corrected chi connectivity index (χ4v) is 1.87. The van der Waals surface area contributed by atoms with Crippen LogP contribution in [0.2, 0.25) is 5.02 Å². The Morgan fingerprint density at radius 1 is 1.50 bits per heavy atom. The molecule has 1 aromatic carbocycles. The third-order valence-electron chi connectivity index (χ3n) is 2.23. The molecule has 1 aliphatic rings. The van der Waals surface area contributed by atoms with Crippen molar-refractivity contribution in [3.63, 3.8) is 0 Å². The summed E-state index contributed by atoms with van der Waals surface area (Å²) in [5.74, 6) is 0.757. The van der Waals surface area contributed by atoms with E-state index in [1.165, 1.54) is 0 Å². The van der Waals surface area contributed by atoms with Gasteiger partial charge in [-0.15, -0.1) is 4.91 Å². The van der Waals surface area contributed by atoms with E-state index in [2.05, 4.69) is 5.18 Å². The first-order valence-corrected chi connectivity index (χ1v) is 4.74. The summed E-state index contributed by atoms with van der Waals surface area (Å²) in [4.78, 5) is 10.4. The van der Waals surface area contributed by atoms with Crippen LogP contribution in [0.3, 0.4) is 0 Å². The van der Waals surface area contributed by atoms with Crippen molar-refractivity contribution >= 4 is 17.3 Å². The molecule has 0 amide bonds. The Balaban J connectivity index is 2.49. The van der Waals surface area contributed by atoms with Gasteiger partial charge in [-0.2, -0.15) is 0 Å². The predicted octanol–water partition coefficient (Wildman–Crippen LogP) is 3.45. The molecule has 0 atom stereocenters. The van der Waals surface area contributed by atoms with Crippen molar-refractivity contribution in [3.05, 3.63) is 27.6 Å². The smallest absolute Gasteiger partial charge is 0.127 e. The van der Waals surface area contributed by atoms with Gasteiger partial charge in [0.25, 0.3) is 0 Å². The minimum absolute atomic E-state index is 0.215. The lowest BCUT2D eigenvalue weighted by atomic mass is 10.0. The van der Waals surface area contributed by atoms with Crippen LogP contribution < -0.4 is 4.74 Å². The highest BCUT2D eigenvalue weighted by molar-refractivity contribution is 6.33. The number of nitrogens with zero attached hydrogens (tertiary/aromatic N) is 1. The van der Waals surface area contributed by atoms with Crippen LogP contribution in [0.15, 0.2) is 17.3 Å². The number of rotatable bonds is 1. The molecular formula is C10H10ClNO2. The molecule has 4 heteroatoms. The first kappa shape index (κ1) is 9.46. The molecule has 1 heterocycles. The van der Waals surface area contributed by atoms with Gasteiger partial charge in [-0.05, 0) is 25.1 Å². The molecule has 0 aliphatic carbocycles. The summed E-state index contributed by atoms with van der Waals surface area (Å²) >= 11 is 5.83. The van der Waals surface area contributed by atoms with Gasteiger partial charge in [0.2, 0.25) is 0 Å². The van der Waals surface area contributed by atoms with Gasteiger partial charge in [-0.25, -0.2) is 0 Å². The molecule has 1 aromatic rings. The Kier molecular flexibility index (Phi) is 2.00. The Hall–Kier alpha value is -1.09. The van der Waals surface area contributed by atoms with Crippen molar-refractivity contribution < 1.29 is 4.74 Å². The van der Waals surface area contributed by atoms with Gasteiger partial charge in [-0.1, -0.05) is 11.6 Å². The molecule has 0 N–H and O–H groups in total. The van der Waals surface area contributed by atoms with Gasteiger partial charge in [0, 0.05) is 18.1 Å². The molecular weight excluding hydrogens is 202 g/mol. The Morgan fingerprint density at radius 3 is 2.86 bits per heavy atom. The molecule has 0 bridgehead atoms. The molecule has 0 aromatic heterocycles. The Bertz CT molecular complexity index is 401. The Labute approximate surface area is 87.0 Å². The molecule has 3 nitrogen and oxygen atoms in total. The number of hydrogen-bond acceptors (Lipinski definition) is 3. The summed E-state index contributed by atoms with van der Waals surface area (Å²) in [5, 5.41) is 3.20. The zero-order valence-electron chi connectivity index (χ0n) is 8.00. The third kappa shape index (κ3) is 1.48. The standard InChI is InChI=1S/C10H10ClNO2/c1-10(2)5-6-3-8(12-13)7(11)4-9(6)14-10/h3-4H,5H2,1-2H3. The van der Waals surface area contributed by atoms with Crippen LogP contribution in [-0.2, 0) is 6.42 Å². The van der Waals surface area contributed by atoms with Gasteiger partial charge >= 0.3 is 0 Å². The highest BCUT2D eigenvalue weighted by Gasteiger charge is 2.30. The molecule has 1 aliphatic heterocycles. The lowest BCUT2D eigenvalue weighted by Crippen LogP contribution is -2.24. The number of fused-ring (bicyclic) bond motifs is 1. The highest BCUT2D eigenvalue weighted by atomic mass is 35.5. The topological polar surface area (TPSA) is 38.7 Å². The van der Waals surface area contributed by atoms with E-state index in [0.29, 0.717) is 5.02 Å². The van der Waals surface area contributed by atoms with Crippen molar-refractivity contribution in [2.24, 2.45) is 5.18 Å². The minimum atomic E-state index is -0.215. The van der Waals surface area contributed by atoms with E-state index < -0.39 is 0 Å². The highest BCUT2D eigenvalue weighted by Crippen LogP contribution is 2.40. The second kappa shape index (κ2) is 2.95. The Morgan fingerprint density at radius 2 is 2.21 bits per heavy atom. The van der Waals surface area contributed by atoms with E-state index in [0.717, 1.165) is 17.7 Å². The van der Waals surface area contributed by atoms with Crippen LogP contribution in [0, 0.1) is 4.91 Å². The second-order valence-electron chi connectivity index (χ2n) is 4.04. The summed E-state index contributed by atoms with van der Waals surface area (Å²) in [6.07, 6.45) is 0.780. The van der Waals surface area contributed by atoms with E-state index in [1.54, 1.807) is 12.1 Å². The van der Waals surface area contributed by atoms with Crippen LogP contribution in [0.5, 0.6) is 5.75 Å². The molecule has 0 saturated carbocycles. The fraction of sp³-hybridized carbons (Fsp3) is 0.400. The van der Waals surface area contributed by atoms with E-state index in [-0.39, 0.29) is 11.3 Å². The molecule has 0 saturated heterocycles. The van der Waals surface area contributed by atoms with Gasteiger partial charge < -0.3 is 4.74 Å². The molecule has 0 unspecified atom stereocenters. The summed E-state index contributed by atoms with van der Waals surface area (Å²) in [6.45, 7) is 3.99. The first-order chi connectivity index (χ1) is 6.52. The summed E-state index contributed by atoms with van der Waals surface area (Å²) in [6, 6.07) is 3.35. The summed E-state index contributed by atoms with van der Waals surface area (Å²) in [5.41, 5.74) is 1.06. The van der Waals surface area contributed by atoms with Gasteiger partial charge in [0.05, 0.1) is 5.02 Å². The van der Waals surface area contributed by atoms with Crippen LogP contribution in [-0.4, -0.2) is 5.60 Å². The van der Waals surface area contributed by atoms with Gasteiger partial charge in [-0.3, -0.25) is 0 Å². The van der Waals surface area contributed by atoms with Crippen molar-refractivity contribution in [2.45, 2.75) is 25.9 Å². The number of benzene rings is 1. The summed E-state index contributed by atoms with van der Waals surface area (Å²) < 4.78 is 5.65. The van der Waals surface area contributed by atoms with Crippen LogP contribution in [0.25, 0.3) is 0 Å². The van der Waals surface area contributed by atoms with E-state index in [9.17, 15) is 4.91 Å². The molecule has 0 radical (unpaired) electrons. The average Bonchev–Trinajstić information content (AvgIpc) is 2.36. The maximum atomic E-state index is 10.4. The molecule has 2 rings (SSSR count). The molecule has 14 heavy (non-hydrogen) atoms. The maximum absolute atomic E-state index is 10.4. The van der Waals surface area contributed by atoms with E-state index in [4.69, 9.17) is 16.3 Å². The van der Waals surface area contributed by atoms with E-state index >= 15 is 0 Å². The minimum Gasteiger partial charge on any atom is -0.487 e. The number of ether oxygens (including phenoxy) is 1. The lowest BCUT2D eigenvalue weighted by Gasteiger charge is -2.16. The van der Waals surface area contributed by atoms with Crippen LogP contribution >= 0.6 is 11.6 Å². The lowest BCUT2D eigenvalue weighted by molar-refractivity contribution is 0.138.